The Labute approximate surface area is 120 Å². The van der Waals surface area contributed by atoms with E-state index in [-0.39, 0.29) is 11.5 Å². The van der Waals surface area contributed by atoms with E-state index in [0.29, 0.717) is 36.4 Å². The van der Waals surface area contributed by atoms with Gasteiger partial charge in [-0.1, -0.05) is 0 Å². The molecular weight excluding hydrogens is 270 g/mol. The van der Waals surface area contributed by atoms with Gasteiger partial charge in [0.2, 0.25) is 5.91 Å². The average Bonchev–Trinajstić information content (AvgIpc) is 3.00. The van der Waals surface area contributed by atoms with Gasteiger partial charge in [0.25, 0.3) is 5.56 Å². The minimum absolute atomic E-state index is 0.0402. The number of nitrogens with one attached hydrogen (secondary N) is 1. The zero-order valence-corrected chi connectivity index (χ0v) is 11.9. The number of amides is 1. The Hall–Kier alpha value is -2.21. The lowest BCUT2D eigenvalue weighted by molar-refractivity contribution is -0.122. The SMILES string of the molecule is Cc1nc2cc3c(cc2c(=O)[nH]1)N(C)C(=O)C31CCOC1. The van der Waals surface area contributed by atoms with E-state index >= 15 is 0 Å². The van der Waals surface area contributed by atoms with Gasteiger partial charge in [-0.05, 0) is 31.0 Å². The molecule has 1 amide bonds. The number of benzene rings is 1. The molecular formula is C15H15N3O3. The Morgan fingerprint density at radius 2 is 2.19 bits per heavy atom. The van der Waals surface area contributed by atoms with E-state index in [1.54, 1.807) is 24.9 Å². The molecule has 6 nitrogen and oxygen atoms in total. The number of fused-ring (bicyclic) bond motifs is 3. The minimum atomic E-state index is -0.601. The quantitative estimate of drug-likeness (QED) is 0.779. The number of carbonyl (C=O) groups is 1. The van der Waals surface area contributed by atoms with Crippen LogP contribution in [-0.4, -0.2) is 36.1 Å². The average molecular weight is 285 g/mol. The van der Waals surface area contributed by atoms with E-state index in [2.05, 4.69) is 9.97 Å². The highest BCUT2D eigenvalue weighted by molar-refractivity contribution is 6.10. The normalized spacial score (nSPS) is 24.3. The van der Waals surface area contributed by atoms with Crippen molar-refractivity contribution in [2.45, 2.75) is 18.8 Å². The second-order valence-corrected chi connectivity index (χ2v) is 5.79. The second kappa shape index (κ2) is 3.92. The molecule has 1 atom stereocenters. The first-order chi connectivity index (χ1) is 10.0. The summed E-state index contributed by atoms with van der Waals surface area (Å²) >= 11 is 0. The first-order valence-electron chi connectivity index (χ1n) is 6.94. The van der Waals surface area contributed by atoms with Gasteiger partial charge in [-0.2, -0.15) is 0 Å². The van der Waals surface area contributed by atoms with Gasteiger partial charge in [0.15, 0.2) is 0 Å². The van der Waals surface area contributed by atoms with E-state index in [1.807, 2.05) is 6.07 Å². The van der Waals surface area contributed by atoms with Crippen molar-refractivity contribution in [2.24, 2.45) is 0 Å². The zero-order valence-electron chi connectivity index (χ0n) is 11.9. The van der Waals surface area contributed by atoms with Gasteiger partial charge >= 0.3 is 0 Å². The first-order valence-corrected chi connectivity index (χ1v) is 6.94. The molecule has 0 saturated carbocycles. The fourth-order valence-electron chi connectivity index (χ4n) is 3.44. The third-order valence-electron chi connectivity index (χ3n) is 4.55. The molecule has 1 aromatic carbocycles. The maximum Gasteiger partial charge on any atom is 0.258 e. The molecule has 108 valence electrons. The summed E-state index contributed by atoms with van der Waals surface area (Å²) in [5, 5.41) is 0.509. The van der Waals surface area contributed by atoms with Gasteiger partial charge in [0.1, 0.15) is 11.2 Å². The van der Waals surface area contributed by atoms with Gasteiger partial charge in [-0.3, -0.25) is 9.59 Å². The number of likely N-dealkylation sites (N-methyl/N-ethyl adjacent to an activating group) is 1. The number of aryl methyl sites for hydroxylation is 1. The molecule has 1 aromatic heterocycles. The number of hydrogen-bond donors (Lipinski definition) is 1. The van der Waals surface area contributed by atoms with Crippen molar-refractivity contribution in [3.63, 3.8) is 0 Å². The lowest BCUT2D eigenvalue weighted by Gasteiger charge is -2.19. The molecule has 1 fully saturated rings. The maximum absolute atomic E-state index is 12.7. The molecule has 21 heavy (non-hydrogen) atoms. The van der Waals surface area contributed by atoms with Crippen LogP contribution in [0.3, 0.4) is 0 Å². The standard InChI is InChI=1S/C15H15N3O3/c1-8-16-11-6-10-12(5-9(11)13(19)17-8)18(2)14(20)15(10)3-4-21-7-15/h5-6H,3-4,7H2,1-2H3,(H,16,17,19). The van der Waals surface area contributed by atoms with Crippen molar-refractivity contribution in [2.75, 3.05) is 25.2 Å². The topological polar surface area (TPSA) is 75.3 Å². The molecule has 3 heterocycles. The number of H-pyrrole nitrogens is 1. The number of hydrogen-bond acceptors (Lipinski definition) is 4. The van der Waals surface area contributed by atoms with Crippen LogP contribution in [0.4, 0.5) is 5.69 Å². The highest BCUT2D eigenvalue weighted by Gasteiger charge is 2.52. The molecule has 0 aliphatic carbocycles. The van der Waals surface area contributed by atoms with Crippen molar-refractivity contribution in [3.8, 4) is 0 Å². The molecule has 4 rings (SSSR count). The summed E-state index contributed by atoms with van der Waals surface area (Å²) in [6.07, 6.45) is 0.677. The molecule has 2 aromatic rings. The van der Waals surface area contributed by atoms with Crippen LogP contribution in [0.15, 0.2) is 16.9 Å². The molecule has 0 radical (unpaired) electrons. The Morgan fingerprint density at radius 3 is 2.90 bits per heavy atom. The predicted molar refractivity (Wildman–Crippen MR) is 77.6 cm³/mol. The van der Waals surface area contributed by atoms with Gasteiger partial charge in [-0.15, -0.1) is 0 Å². The summed E-state index contributed by atoms with van der Waals surface area (Å²) in [6.45, 7) is 2.73. The highest BCUT2D eigenvalue weighted by Crippen LogP contribution is 2.46. The third-order valence-corrected chi connectivity index (χ3v) is 4.55. The lowest BCUT2D eigenvalue weighted by atomic mass is 9.81. The van der Waals surface area contributed by atoms with Crippen LogP contribution in [0, 0.1) is 6.92 Å². The number of aromatic amines is 1. The molecule has 1 unspecified atom stereocenters. The van der Waals surface area contributed by atoms with Crippen molar-refractivity contribution in [1.29, 1.82) is 0 Å². The van der Waals surface area contributed by atoms with E-state index in [0.717, 1.165) is 11.3 Å². The summed E-state index contributed by atoms with van der Waals surface area (Å²) in [5.41, 5.74) is 1.57. The van der Waals surface area contributed by atoms with Gasteiger partial charge in [0.05, 0.1) is 17.5 Å². The van der Waals surface area contributed by atoms with Crippen LogP contribution in [0.1, 0.15) is 17.8 Å². The summed E-state index contributed by atoms with van der Waals surface area (Å²) in [6, 6.07) is 3.64. The zero-order chi connectivity index (χ0) is 14.8. The number of rotatable bonds is 0. The van der Waals surface area contributed by atoms with Gasteiger partial charge in [-0.25, -0.2) is 4.98 Å². The van der Waals surface area contributed by atoms with Crippen molar-refractivity contribution >= 4 is 22.5 Å². The fraction of sp³-hybridized carbons (Fsp3) is 0.400. The summed E-state index contributed by atoms with van der Waals surface area (Å²) in [5.74, 6) is 0.611. The van der Waals surface area contributed by atoms with Crippen LogP contribution in [-0.2, 0) is 14.9 Å². The maximum atomic E-state index is 12.7. The van der Waals surface area contributed by atoms with Crippen LogP contribution in [0.25, 0.3) is 10.9 Å². The van der Waals surface area contributed by atoms with Crippen molar-refractivity contribution < 1.29 is 9.53 Å². The second-order valence-electron chi connectivity index (χ2n) is 5.79. The molecule has 2 aliphatic rings. The van der Waals surface area contributed by atoms with Crippen LogP contribution >= 0.6 is 0 Å². The first kappa shape index (κ1) is 12.5. The molecule has 0 bridgehead atoms. The van der Waals surface area contributed by atoms with E-state index in [9.17, 15) is 9.59 Å². The highest BCUT2D eigenvalue weighted by atomic mass is 16.5. The van der Waals surface area contributed by atoms with Crippen LogP contribution < -0.4 is 10.5 Å². The number of aromatic nitrogens is 2. The number of anilines is 1. The summed E-state index contributed by atoms with van der Waals surface area (Å²) in [7, 11) is 1.75. The van der Waals surface area contributed by atoms with E-state index < -0.39 is 5.41 Å². The summed E-state index contributed by atoms with van der Waals surface area (Å²) in [4.78, 5) is 33.5. The molecule has 1 N–H and O–H groups in total. The largest absolute Gasteiger partial charge is 0.380 e. The fourth-order valence-corrected chi connectivity index (χ4v) is 3.44. The molecule has 6 heteroatoms. The van der Waals surface area contributed by atoms with Crippen molar-refractivity contribution in [3.05, 3.63) is 33.9 Å². The Kier molecular flexibility index (Phi) is 2.34. The smallest absolute Gasteiger partial charge is 0.258 e. The number of carbonyl (C=O) groups excluding carboxylic acids is 1. The molecule has 1 saturated heterocycles. The van der Waals surface area contributed by atoms with E-state index in [4.69, 9.17) is 4.74 Å². The predicted octanol–water partition coefficient (Wildman–Crippen LogP) is 0.866. The van der Waals surface area contributed by atoms with Gasteiger partial charge in [0, 0.05) is 19.3 Å². The summed E-state index contributed by atoms with van der Waals surface area (Å²) < 4.78 is 5.48. The monoisotopic (exact) mass is 285 g/mol. The Morgan fingerprint density at radius 1 is 1.38 bits per heavy atom. The number of nitrogens with zero attached hydrogens (tertiary/aromatic N) is 2. The molecule has 1 spiro atoms. The van der Waals surface area contributed by atoms with E-state index in [1.165, 1.54) is 0 Å². The Balaban J connectivity index is 2.07. The van der Waals surface area contributed by atoms with Crippen LogP contribution in [0.2, 0.25) is 0 Å². The number of ether oxygens (including phenoxy) is 1. The van der Waals surface area contributed by atoms with Gasteiger partial charge < -0.3 is 14.6 Å². The lowest BCUT2D eigenvalue weighted by Crippen LogP contribution is -2.38. The molecule has 2 aliphatic heterocycles. The van der Waals surface area contributed by atoms with Crippen molar-refractivity contribution in [1.82, 2.24) is 9.97 Å². The third kappa shape index (κ3) is 1.48. The minimum Gasteiger partial charge on any atom is -0.380 e. The Bertz CT molecular complexity index is 834. The van der Waals surface area contributed by atoms with Crippen LogP contribution in [0.5, 0.6) is 0 Å².